The van der Waals surface area contributed by atoms with Crippen LogP contribution in [-0.2, 0) is 11.3 Å². The van der Waals surface area contributed by atoms with E-state index in [1.165, 1.54) is 4.90 Å². The third kappa shape index (κ3) is 6.54. The molecule has 4 rings (SSSR count). The minimum absolute atomic E-state index is 0.0218. The highest BCUT2D eigenvalue weighted by atomic mass is 19.4. The van der Waals surface area contributed by atoms with Crippen molar-refractivity contribution in [1.29, 1.82) is 0 Å². The van der Waals surface area contributed by atoms with Gasteiger partial charge in [-0.05, 0) is 63.6 Å². The van der Waals surface area contributed by atoms with Gasteiger partial charge in [0.05, 0.1) is 11.3 Å². The van der Waals surface area contributed by atoms with Crippen LogP contribution in [-0.4, -0.2) is 75.4 Å². The van der Waals surface area contributed by atoms with Gasteiger partial charge in [-0.3, -0.25) is 19.5 Å². The van der Waals surface area contributed by atoms with Gasteiger partial charge >= 0.3 is 6.18 Å². The SMILES string of the molecule is Cc1ccnc(C)c1C(=O)N1CCC(C)(N2CCC(N(Cc3ccccc3)C(=O)CC(F)(F)F)CC2)CC1. The maximum Gasteiger partial charge on any atom is 0.397 e. The van der Waals surface area contributed by atoms with Crippen molar-refractivity contribution in [2.45, 2.75) is 77.2 Å². The largest absolute Gasteiger partial charge is 0.397 e. The third-order valence-electron chi connectivity index (χ3n) is 8.23. The summed E-state index contributed by atoms with van der Waals surface area (Å²) in [6.07, 6.45) is -1.34. The van der Waals surface area contributed by atoms with E-state index in [0.29, 0.717) is 44.6 Å². The number of benzene rings is 1. The van der Waals surface area contributed by atoms with Crippen molar-refractivity contribution in [3.05, 3.63) is 65.0 Å². The maximum atomic E-state index is 13.2. The number of hydrogen-bond acceptors (Lipinski definition) is 4. The fraction of sp³-hybridized carbons (Fsp3) is 0.552. The fourth-order valence-corrected chi connectivity index (χ4v) is 5.87. The van der Waals surface area contributed by atoms with Gasteiger partial charge in [0, 0.05) is 50.5 Å². The molecule has 0 saturated carbocycles. The molecule has 2 aliphatic heterocycles. The summed E-state index contributed by atoms with van der Waals surface area (Å²) in [7, 11) is 0. The van der Waals surface area contributed by atoms with E-state index in [2.05, 4.69) is 16.8 Å². The van der Waals surface area contributed by atoms with E-state index in [1.54, 1.807) is 6.20 Å². The van der Waals surface area contributed by atoms with E-state index in [4.69, 9.17) is 0 Å². The molecule has 1 aromatic heterocycles. The number of hydrogen-bond donors (Lipinski definition) is 0. The van der Waals surface area contributed by atoms with Crippen LogP contribution in [0.1, 0.15) is 66.2 Å². The van der Waals surface area contributed by atoms with Crippen LogP contribution in [0, 0.1) is 13.8 Å². The van der Waals surface area contributed by atoms with Gasteiger partial charge in [0.1, 0.15) is 6.42 Å². The second-order valence-corrected chi connectivity index (χ2v) is 10.9. The van der Waals surface area contributed by atoms with Crippen molar-refractivity contribution in [3.63, 3.8) is 0 Å². The van der Waals surface area contributed by atoms with E-state index in [-0.39, 0.29) is 24.0 Å². The van der Waals surface area contributed by atoms with Crippen LogP contribution in [0.25, 0.3) is 0 Å². The Hall–Kier alpha value is -2.94. The Bertz CT molecular complexity index is 1100. The molecule has 38 heavy (non-hydrogen) atoms. The zero-order valence-electron chi connectivity index (χ0n) is 22.4. The molecule has 0 N–H and O–H groups in total. The number of carbonyl (C=O) groups is 2. The Morgan fingerprint density at radius 2 is 1.66 bits per heavy atom. The molecular weight excluding hydrogens is 493 g/mol. The molecule has 2 fully saturated rings. The molecule has 3 heterocycles. The highest BCUT2D eigenvalue weighted by Crippen LogP contribution is 2.34. The fourth-order valence-electron chi connectivity index (χ4n) is 5.87. The molecule has 1 aromatic carbocycles. The number of aryl methyl sites for hydroxylation is 2. The molecule has 0 spiro atoms. The first-order valence-electron chi connectivity index (χ1n) is 13.3. The quantitative estimate of drug-likeness (QED) is 0.519. The second-order valence-electron chi connectivity index (χ2n) is 10.9. The average Bonchev–Trinajstić information content (AvgIpc) is 2.87. The van der Waals surface area contributed by atoms with E-state index in [0.717, 1.165) is 29.7 Å². The van der Waals surface area contributed by atoms with Crippen molar-refractivity contribution >= 4 is 11.8 Å². The summed E-state index contributed by atoms with van der Waals surface area (Å²) in [5.74, 6) is -0.840. The highest BCUT2D eigenvalue weighted by molar-refractivity contribution is 5.96. The minimum Gasteiger partial charge on any atom is -0.338 e. The summed E-state index contributed by atoms with van der Waals surface area (Å²) in [5.41, 5.74) is 3.08. The summed E-state index contributed by atoms with van der Waals surface area (Å²) in [6.45, 7) is 8.90. The Labute approximate surface area is 222 Å². The van der Waals surface area contributed by atoms with E-state index < -0.39 is 18.5 Å². The van der Waals surface area contributed by atoms with Crippen molar-refractivity contribution in [2.75, 3.05) is 26.2 Å². The molecule has 2 amide bonds. The molecule has 2 aromatic rings. The van der Waals surface area contributed by atoms with Crippen LogP contribution in [0.4, 0.5) is 13.2 Å². The zero-order valence-corrected chi connectivity index (χ0v) is 22.4. The number of nitrogens with zero attached hydrogens (tertiary/aromatic N) is 4. The van der Waals surface area contributed by atoms with Crippen molar-refractivity contribution < 1.29 is 22.8 Å². The number of pyridine rings is 1. The van der Waals surface area contributed by atoms with Crippen molar-refractivity contribution in [3.8, 4) is 0 Å². The van der Waals surface area contributed by atoms with Gasteiger partial charge in [-0.1, -0.05) is 30.3 Å². The second kappa shape index (κ2) is 11.4. The molecule has 206 valence electrons. The number of aromatic nitrogens is 1. The van der Waals surface area contributed by atoms with Crippen LogP contribution >= 0.6 is 0 Å². The summed E-state index contributed by atoms with van der Waals surface area (Å²) < 4.78 is 39.2. The van der Waals surface area contributed by atoms with Gasteiger partial charge in [0.2, 0.25) is 5.91 Å². The Morgan fingerprint density at radius 1 is 1.03 bits per heavy atom. The Morgan fingerprint density at radius 3 is 2.24 bits per heavy atom. The average molecular weight is 531 g/mol. The lowest BCUT2D eigenvalue weighted by molar-refractivity contribution is -0.164. The normalized spacial score (nSPS) is 18.8. The van der Waals surface area contributed by atoms with Crippen molar-refractivity contribution in [1.82, 2.24) is 19.7 Å². The first-order chi connectivity index (χ1) is 18.0. The summed E-state index contributed by atoms with van der Waals surface area (Å²) in [6, 6.07) is 10.8. The van der Waals surface area contributed by atoms with Gasteiger partial charge in [-0.15, -0.1) is 0 Å². The number of halogens is 3. The van der Waals surface area contributed by atoms with Gasteiger partial charge in [0.25, 0.3) is 5.91 Å². The van der Waals surface area contributed by atoms with Crippen molar-refractivity contribution in [2.24, 2.45) is 0 Å². The maximum absolute atomic E-state index is 13.2. The first-order valence-corrected chi connectivity index (χ1v) is 13.3. The number of piperidine rings is 2. The van der Waals surface area contributed by atoms with Gasteiger partial charge < -0.3 is 9.80 Å². The molecule has 6 nitrogen and oxygen atoms in total. The predicted octanol–water partition coefficient (Wildman–Crippen LogP) is 5.14. The minimum atomic E-state index is -4.53. The molecule has 0 unspecified atom stereocenters. The van der Waals surface area contributed by atoms with Crippen LogP contribution in [0.2, 0.25) is 0 Å². The predicted molar refractivity (Wildman–Crippen MR) is 140 cm³/mol. The Kier molecular flexibility index (Phi) is 8.45. The van der Waals surface area contributed by atoms with Gasteiger partial charge in [-0.2, -0.15) is 13.2 Å². The van der Waals surface area contributed by atoms with Crippen LogP contribution in [0.5, 0.6) is 0 Å². The molecular formula is C29H37F3N4O2. The lowest BCUT2D eigenvalue weighted by Gasteiger charge is -2.50. The zero-order chi connectivity index (χ0) is 27.5. The molecule has 9 heteroatoms. The highest BCUT2D eigenvalue weighted by Gasteiger charge is 2.41. The molecule has 2 aliphatic rings. The smallest absolute Gasteiger partial charge is 0.338 e. The molecule has 0 radical (unpaired) electrons. The monoisotopic (exact) mass is 530 g/mol. The number of rotatable bonds is 6. The van der Waals surface area contributed by atoms with E-state index >= 15 is 0 Å². The van der Waals surface area contributed by atoms with Crippen LogP contribution in [0.3, 0.4) is 0 Å². The lowest BCUT2D eigenvalue weighted by Crippen LogP contribution is -2.58. The Balaban J connectivity index is 1.37. The standard InChI is InChI=1S/C29H37F3N4O2/c1-21-9-14-33-22(2)26(21)27(38)34-17-12-28(3,13-18-34)35-15-10-24(11-16-35)36(25(37)19-29(30,31)32)20-23-7-5-4-6-8-23/h4-9,14,24H,10-13,15-20H2,1-3H3. The number of alkyl halides is 3. The summed E-state index contributed by atoms with van der Waals surface area (Å²) >= 11 is 0. The third-order valence-corrected chi connectivity index (χ3v) is 8.23. The molecule has 0 bridgehead atoms. The number of carbonyl (C=O) groups excluding carboxylic acids is 2. The number of amides is 2. The van der Waals surface area contributed by atoms with E-state index in [1.807, 2.05) is 55.1 Å². The summed E-state index contributed by atoms with van der Waals surface area (Å²) in [5, 5.41) is 0. The summed E-state index contributed by atoms with van der Waals surface area (Å²) in [4.78, 5) is 36.0. The van der Waals surface area contributed by atoms with Crippen LogP contribution in [0.15, 0.2) is 42.6 Å². The molecule has 0 atom stereocenters. The molecule has 0 aliphatic carbocycles. The first kappa shape index (κ1) is 28.1. The lowest BCUT2D eigenvalue weighted by atomic mass is 9.85. The van der Waals surface area contributed by atoms with Gasteiger partial charge in [0.15, 0.2) is 0 Å². The number of likely N-dealkylation sites (tertiary alicyclic amines) is 2. The van der Waals surface area contributed by atoms with Gasteiger partial charge in [-0.25, -0.2) is 0 Å². The van der Waals surface area contributed by atoms with E-state index in [9.17, 15) is 22.8 Å². The molecule has 2 saturated heterocycles. The topological polar surface area (TPSA) is 56.8 Å². The van der Waals surface area contributed by atoms with Crippen LogP contribution < -0.4 is 0 Å².